The molecular weight excluding hydrogens is 366 g/mol. The smallest absolute Gasteiger partial charge is 0.251 e. The summed E-state index contributed by atoms with van der Waals surface area (Å²) >= 11 is 0. The second-order valence-corrected chi connectivity index (χ2v) is 7.66. The fourth-order valence-corrected chi connectivity index (χ4v) is 4.02. The molecule has 0 aliphatic carbocycles. The van der Waals surface area contributed by atoms with E-state index in [-0.39, 0.29) is 11.3 Å². The van der Waals surface area contributed by atoms with E-state index in [1.807, 2.05) is 37.3 Å². The molecule has 1 N–H and O–H groups in total. The molecule has 5 rings (SSSR count). The highest BCUT2D eigenvalue weighted by Gasteiger charge is 2.49. The summed E-state index contributed by atoms with van der Waals surface area (Å²) < 4.78 is 5.53. The maximum absolute atomic E-state index is 12.1. The van der Waals surface area contributed by atoms with Crippen LogP contribution < -0.4 is 10.2 Å². The molecule has 2 aliphatic heterocycles. The highest BCUT2D eigenvalue weighted by atomic mass is 16.5. The number of carbonyl (C=O) groups is 1. The minimum Gasteiger partial charge on any atom is -0.379 e. The molecule has 3 aromatic rings. The van der Waals surface area contributed by atoms with Crippen LogP contribution in [0.2, 0.25) is 0 Å². The van der Waals surface area contributed by atoms with Crippen molar-refractivity contribution in [3.8, 4) is 11.3 Å². The summed E-state index contributed by atoms with van der Waals surface area (Å²) in [6.07, 6.45) is 5.39. The van der Waals surface area contributed by atoms with Gasteiger partial charge in [0.25, 0.3) is 5.91 Å². The molecule has 0 atom stereocenters. The summed E-state index contributed by atoms with van der Waals surface area (Å²) in [4.78, 5) is 27.9. The lowest BCUT2D eigenvalue weighted by atomic mass is 9.80. The molecule has 1 spiro atoms. The van der Waals surface area contributed by atoms with Gasteiger partial charge in [-0.05, 0) is 42.3 Å². The normalized spacial score (nSPS) is 16.4. The largest absolute Gasteiger partial charge is 0.379 e. The van der Waals surface area contributed by atoms with Crippen LogP contribution in [0.15, 0.2) is 48.9 Å². The van der Waals surface area contributed by atoms with Crippen molar-refractivity contribution >= 4 is 17.5 Å². The lowest BCUT2D eigenvalue weighted by molar-refractivity contribution is -0.0507. The average Bonchev–Trinajstić information content (AvgIpc) is 3.08. The monoisotopic (exact) mass is 387 g/mol. The summed E-state index contributed by atoms with van der Waals surface area (Å²) in [5, 5.41) is 2.69. The van der Waals surface area contributed by atoms with Gasteiger partial charge in [-0.1, -0.05) is 6.07 Å². The number of aromatic nitrogens is 3. The van der Waals surface area contributed by atoms with Crippen LogP contribution >= 0.6 is 0 Å². The van der Waals surface area contributed by atoms with Crippen LogP contribution in [0, 0.1) is 6.92 Å². The van der Waals surface area contributed by atoms with Crippen LogP contribution in [0.3, 0.4) is 0 Å². The molecule has 4 heterocycles. The van der Waals surface area contributed by atoms with Gasteiger partial charge in [0.1, 0.15) is 0 Å². The SMILES string of the molecule is CNC(=O)c1ccc2c(c1)N(c1ncc(-c3cc(C)ccn3)cn1)CC21COC1. The lowest BCUT2D eigenvalue weighted by Gasteiger charge is -2.38. The minimum absolute atomic E-state index is 0.0588. The number of carbonyl (C=O) groups excluding carboxylic acids is 1. The third kappa shape index (κ3) is 2.86. The molecule has 0 bridgehead atoms. The third-order valence-electron chi connectivity index (χ3n) is 5.66. The van der Waals surface area contributed by atoms with E-state index >= 15 is 0 Å². The number of nitrogens with one attached hydrogen (secondary N) is 1. The second-order valence-electron chi connectivity index (χ2n) is 7.66. The number of amides is 1. The summed E-state index contributed by atoms with van der Waals surface area (Å²) in [5.74, 6) is 0.501. The number of aryl methyl sites for hydroxylation is 1. The van der Waals surface area contributed by atoms with E-state index in [0.29, 0.717) is 24.7 Å². The Hall–Kier alpha value is -3.32. The third-order valence-corrected chi connectivity index (χ3v) is 5.66. The van der Waals surface area contributed by atoms with Gasteiger partial charge < -0.3 is 15.0 Å². The van der Waals surface area contributed by atoms with Gasteiger partial charge in [-0.2, -0.15) is 0 Å². The minimum atomic E-state index is -0.111. The Labute approximate surface area is 168 Å². The van der Waals surface area contributed by atoms with Crippen molar-refractivity contribution in [1.29, 1.82) is 0 Å². The van der Waals surface area contributed by atoms with E-state index in [1.54, 1.807) is 25.6 Å². The Morgan fingerprint density at radius 1 is 1.14 bits per heavy atom. The number of benzene rings is 1. The molecule has 29 heavy (non-hydrogen) atoms. The Kier molecular flexibility index (Phi) is 4.06. The van der Waals surface area contributed by atoms with E-state index in [4.69, 9.17) is 4.74 Å². The number of nitrogens with zero attached hydrogens (tertiary/aromatic N) is 4. The van der Waals surface area contributed by atoms with Gasteiger partial charge in [-0.3, -0.25) is 9.78 Å². The molecule has 2 aliphatic rings. The molecule has 1 saturated heterocycles. The van der Waals surface area contributed by atoms with Crippen LogP contribution in [0.1, 0.15) is 21.5 Å². The number of pyridine rings is 1. The highest BCUT2D eigenvalue weighted by Crippen LogP contribution is 2.47. The molecule has 0 unspecified atom stereocenters. The van der Waals surface area contributed by atoms with Gasteiger partial charge in [0.2, 0.25) is 5.95 Å². The zero-order valence-electron chi connectivity index (χ0n) is 16.3. The molecule has 1 aromatic carbocycles. The summed E-state index contributed by atoms with van der Waals surface area (Å²) in [5.41, 5.74) is 5.58. The first-order valence-corrected chi connectivity index (χ1v) is 9.57. The average molecular weight is 387 g/mol. The fourth-order valence-electron chi connectivity index (χ4n) is 4.02. The predicted octanol–water partition coefficient (Wildman–Crippen LogP) is 2.63. The van der Waals surface area contributed by atoms with Crippen molar-refractivity contribution < 1.29 is 9.53 Å². The van der Waals surface area contributed by atoms with E-state index in [0.717, 1.165) is 29.1 Å². The first-order valence-electron chi connectivity index (χ1n) is 9.57. The number of rotatable bonds is 3. The van der Waals surface area contributed by atoms with Crippen LogP contribution in [0.4, 0.5) is 11.6 Å². The Bertz CT molecular complexity index is 1090. The Morgan fingerprint density at radius 2 is 1.93 bits per heavy atom. The van der Waals surface area contributed by atoms with Crippen molar-refractivity contribution in [2.24, 2.45) is 0 Å². The van der Waals surface area contributed by atoms with E-state index in [2.05, 4.69) is 25.2 Å². The first-order chi connectivity index (χ1) is 14.1. The first kappa shape index (κ1) is 17.8. The summed E-state index contributed by atoms with van der Waals surface area (Å²) in [6.45, 7) is 4.11. The summed E-state index contributed by atoms with van der Waals surface area (Å²) in [6, 6.07) is 9.80. The zero-order valence-corrected chi connectivity index (χ0v) is 16.3. The van der Waals surface area contributed by atoms with E-state index in [1.165, 1.54) is 5.56 Å². The number of fused-ring (bicyclic) bond motifs is 2. The summed E-state index contributed by atoms with van der Waals surface area (Å²) in [7, 11) is 1.63. The molecule has 7 heteroatoms. The second kappa shape index (κ2) is 6.63. The van der Waals surface area contributed by atoms with Crippen LogP contribution in [0.5, 0.6) is 0 Å². The molecule has 2 aromatic heterocycles. The van der Waals surface area contributed by atoms with Gasteiger partial charge in [0.15, 0.2) is 0 Å². The van der Waals surface area contributed by atoms with Gasteiger partial charge >= 0.3 is 0 Å². The van der Waals surface area contributed by atoms with Crippen molar-refractivity contribution in [1.82, 2.24) is 20.3 Å². The van der Waals surface area contributed by atoms with Gasteiger partial charge in [0, 0.05) is 49.0 Å². The van der Waals surface area contributed by atoms with Crippen molar-refractivity contribution in [2.75, 3.05) is 31.7 Å². The molecule has 1 amide bonds. The number of anilines is 2. The van der Waals surface area contributed by atoms with Crippen LogP contribution in [-0.2, 0) is 10.2 Å². The van der Waals surface area contributed by atoms with Gasteiger partial charge in [-0.25, -0.2) is 9.97 Å². The maximum Gasteiger partial charge on any atom is 0.251 e. The highest BCUT2D eigenvalue weighted by molar-refractivity contribution is 5.95. The van der Waals surface area contributed by atoms with Crippen LogP contribution in [-0.4, -0.2) is 47.7 Å². The molecular formula is C22H21N5O2. The predicted molar refractivity (Wildman–Crippen MR) is 109 cm³/mol. The standard InChI is InChI=1S/C22H21N5O2/c1-14-5-6-24-18(7-14)16-9-25-21(26-10-16)27-11-22(12-29-13-22)17-4-3-15(8-19(17)27)20(28)23-2/h3-10H,11-13H2,1-2H3,(H,23,28). The molecule has 0 radical (unpaired) electrons. The zero-order chi connectivity index (χ0) is 20.0. The van der Waals surface area contributed by atoms with E-state index in [9.17, 15) is 4.79 Å². The van der Waals surface area contributed by atoms with Gasteiger partial charge in [0.05, 0.1) is 24.3 Å². The van der Waals surface area contributed by atoms with Crippen molar-refractivity contribution in [3.63, 3.8) is 0 Å². The van der Waals surface area contributed by atoms with Crippen LogP contribution in [0.25, 0.3) is 11.3 Å². The Morgan fingerprint density at radius 3 is 2.59 bits per heavy atom. The topological polar surface area (TPSA) is 80.2 Å². The molecule has 1 fully saturated rings. The molecule has 0 saturated carbocycles. The van der Waals surface area contributed by atoms with E-state index < -0.39 is 0 Å². The molecule has 146 valence electrons. The fraction of sp³-hybridized carbons (Fsp3) is 0.273. The number of ether oxygens (including phenoxy) is 1. The van der Waals surface area contributed by atoms with Gasteiger partial charge in [-0.15, -0.1) is 0 Å². The van der Waals surface area contributed by atoms with Crippen molar-refractivity contribution in [2.45, 2.75) is 12.3 Å². The maximum atomic E-state index is 12.1. The quantitative estimate of drug-likeness (QED) is 0.744. The molecule has 7 nitrogen and oxygen atoms in total. The van der Waals surface area contributed by atoms with Crippen molar-refractivity contribution in [3.05, 3.63) is 65.6 Å². The number of hydrogen-bond acceptors (Lipinski definition) is 6. The number of hydrogen-bond donors (Lipinski definition) is 1. The Balaban J connectivity index is 1.53. The lowest BCUT2D eigenvalue weighted by Crippen LogP contribution is -2.49.